The quantitative estimate of drug-likeness (QED) is 0.204. The molecular weight excluding hydrogens is 695 g/mol. The van der Waals surface area contributed by atoms with Crippen LogP contribution in [-0.4, -0.2) is 105 Å². The minimum atomic E-state index is -3.99. The van der Waals surface area contributed by atoms with E-state index in [-0.39, 0.29) is 36.2 Å². The number of amides is 3. The highest BCUT2D eigenvalue weighted by Gasteiger charge is 2.34. The molecule has 0 saturated heterocycles. The molecule has 3 amide bonds. The van der Waals surface area contributed by atoms with E-state index < -0.39 is 50.5 Å². The second-order valence-corrected chi connectivity index (χ2v) is 16.1. The highest BCUT2D eigenvalue weighted by Crippen LogP contribution is 2.30. The SMILES string of the molecule is Cc1noc(C)c1NC(=O)Nc1ccc2c(c1)C(=O)N([C@@H](C)C[N+](C)(C)[O-])C[C@@H](C)[C@H](CN(C)S(=O)(=O)c1ccc(F)cc1)OCCCC[C@H](C)O2. The van der Waals surface area contributed by atoms with Gasteiger partial charge in [0.15, 0.2) is 5.76 Å². The molecule has 0 radical (unpaired) electrons. The Balaban J connectivity index is 1.69. The Morgan fingerprint density at radius 3 is 2.46 bits per heavy atom. The third kappa shape index (κ3) is 10.7. The molecule has 1 aliphatic rings. The van der Waals surface area contributed by atoms with E-state index in [1.54, 1.807) is 43.9 Å². The first-order valence-electron chi connectivity index (χ1n) is 17.4. The van der Waals surface area contributed by atoms with Crippen LogP contribution in [0.25, 0.3) is 0 Å². The first-order valence-corrected chi connectivity index (χ1v) is 18.8. The number of sulfonamides is 1. The number of fused-ring (bicyclic) bond motifs is 1. The maximum Gasteiger partial charge on any atom is 0.323 e. The highest BCUT2D eigenvalue weighted by atomic mass is 32.2. The molecule has 0 bridgehead atoms. The first kappa shape index (κ1) is 40.7. The lowest BCUT2D eigenvalue weighted by Gasteiger charge is -2.41. The number of carbonyl (C=O) groups excluding carboxylic acids is 2. The van der Waals surface area contributed by atoms with Crippen molar-refractivity contribution in [3.63, 3.8) is 0 Å². The van der Waals surface area contributed by atoms with E-state index in [1.807, 2.05) is 13.8 Å². The summed E-state index contributed by atoms with van der Waals surface area (Å²) < 4.78 is 58.8. The van der Waals surface area contributed by atoms with Gasteiger partial charge in [-0.1, -0.05) is 12.1 Å². The summed E-state index contributed by atoms with van der Waals surface area (Å²) in [6.07, 6.45) is 1.16. The van der Waals surface area contributed by atoms with E-state index in [1.165, 1.54) is 37.6 Å². The van der Waals surface area contributed by atoms with Crippen LogP contribution in [0.2, 0.25) is 0 Å². The minimum Gasteiger partial charge on any atom is -0.633 e. The number of quaternary nitrogens is 1. The zero-order valence-corrected chi connectivity index (χ0v) is 32.0. The molecule has 16 heteroatoms. The third-order valence-electron chi connectivity index (χ3n) is 8.98. The number of halogens is 1. The summed E-state index contributed by atoms with van der Waals surface area (Å²) in [6.45, 7) is 9.42. The minimum absolute atomic E-state index is 0.0369. The van der Waals surface area contributed by atoms with Crippen molar-refractivity contribution in [1.29, 1.82) is 0 Å². The summed E-state index contributed by atoms with van der Waals surface area (Å²) in [5.74, 6) is -0.632. The predicted molar refractivity (Wildman–Crippen MR) is 195 cm³/mol. The molecule has 0 spiro atoms. The van der Waals surface area contributed by atoms with Crippen LogP contribution < -0.4 is 15.4 Å². The number of likely N-dealkylation sites (N-methyl/N-ethyl adjacent to an activating group) is 2. The molecule has 14 nitrogen and oxygen atoms in total. The normalized spacial score (nSPS) is 20.1. The van der Waals surface area contributed by atoms with E-state index in [4.69, 9.17) is 14.0 Å². The first-order chi connectivity index (χ1) is 24.4. The standard InChI is InChI=1S/C36H51FN6O8S/c1-23-20-42(24(2)22-43(7,8)46)35(44)31-19-29(38-36(45)39-34-26(4)40-51-27(34)5)14-17-32(31)50-25(3)11-9-10-18-49-33(23)21-41(6)52(47,48)30-15-12-28(37)13-16-30/h12-17,19,23-25,33H,9-11,18,20-22H2,1-8H3,(H2,38,39,45)/t23-,24+,25+,33+/m1/s1. The molecule has 2 aromatic carbocycles. The predicted octanol–water partition coefficient (Wildman–Crippen LogP) is 5.77. The van der Waals surface area contributed by atoms with Gasteiger partial charge < -0.3 is 39.4 Å². The number of nitrogens with one attached hydrogen (secondary N) is 2. The molecule has 286 valence electrons. The summed E-state index contributed by atoms with van der Waals surface area (Å²) in [5.41, 5.74) is 1.45. The summed E-state index contributed by atoms with van der Waals surface area (Å²) in [7, 11) is 0.437. The number of urea groups is 1. The summed E-state index contributed by atoms with van der Waals surface area (Å²) in [4.78, 5) is 29.2. The van der Waals surface area contributed by atoms with Crippen molar-refractivity contribution < 1.29 is 41.0 Å². The molecule has 4 rings (SSSR count). The van der Waals surface area contributed by atoms with Crippen molar-refractivity contribution in [1.82, 2.24) is 14.4 Å². The van der Waals surface area contributed by atoms with Crippen LogP contribution in [0, 0.1) is 30.8 Å². The number of benzene rings is 2. The molecule has 52 heavy (non-hydrogen) atoms. The fraction of sp³-hybridized carbons (Fsp3) is 0.528. The second kappa shape index (κ2) is 17.2. The number of carbonyl (C=O) groups is 2. The Morgan fingerprint density at radius 1 is 1.13 bits per heavy atom. The van der Waals surface area contributed by atoms with Crippen LogP contribution in [-0.2, 0) is 14.8 Å². The maximum atomic E-state index is 14.7. The van der Waals surface area contributed by atoms with Gasteiger partial charge in [0.1, 0.15) is 22.9 Å². The maximum absolute atomic E-state index is 14.7. The van der Waals surface area contributed by atoms with Crippen LogP contribution in [0.5, 0.6) is 5.75 Å². The number of hydrogen-bond donors (Lipinski definition) is 2. The van der Waals surface area contributed by atoms with Gasteiger partial charge >= 0.3 is 6.03 Å². The van der Waals surface area contributed by atoms with E-state index in [2.05, 4.69) is 15.8 Å². The Morgan fingerprint density at radius 2 is 1.83 bits per heavy atom. The van der Waals surface area contributed by atoms with Crippen molar-refractivity contribution in [2.45, 2.75) is 77.0 Å². The Kier molecular flexibility index (Phi) is 13.4. The molecular formula is C36H51FN6O8S. The zero-order chi connectivity index (χ0) is 38.4. The molecule has 0 aliphatic carbocycles. The van der Waals surface area contributed by atoms with Crippen LogP contribution in [0.15, 0.2) is 51.9 Å². The van der Waals surface area contributed by atoms with Gasteiger partial charge in [0.05, 0.1) is 49.3 Å². The smallest absolute Gasteiger partial charge is 0.323 e. The highest BCUT2D eigenvalue weighted by molar-refractivity contribution is 7.89. The van der Waals surface area contributed by atoms with Gasteiger partial charge in [0, 0.05) is 38.3 Å². The van der Waals surface area contributed by atoms with Gasteiger partial charge in [0.2, 0.25) is 10.0 Å². The van der Waals surface area contributed by atoms with Crippen molar-refractivity contribution in [2.75, 3.05) is 58.0 Å². The molecule has 3 aromatic rings. The molecule has 1 aromatic heterocycles. The Labute approximate surface area is 305 Å². The molecule has 4 atom stereocenters. The fourth-order valence-corrected chi connectivity index (χ4v) is 7.36. The lowest BCUT2D eigenvalue weighted by Crippen LogP contribution is -2.52. The van der Waals surface area contributed by atoms with Crippen molar-refractivity contribution in [2.24, 2.45) is 5.92 Å². The van der Waals surface area contributed by atoms with E-state index >= 15 is 0 Å². The molecule has 2 N–H and O–H groups in total. The number of aromatic nitrogens is 1. The molecule has 0 fully saturated rings. The molecule has 1 aliphatic heterocycles. The van der Waals surface area contributed by atoms with Gasteiger partial charge in [-0.3, -0.25) is 4.79 Å². The number of hydrogen-bond acceptors (Lipinski definition) is 9. The van der Waals surface area contributed by atoms with Crippen molar-refractivity contribution in [3.05, 3.63) is 70.5 Å². The monoisotopic (exact) mass is 746 g/mol. The Hall–Kier alpha value is -4.09. The van der Waals surface area contributed by atoms with Crippen LogP contribution in [0.1, 0.15) is 61.8 Å². The van der Waals surface area contributed by atoms with E-state index in [9.17, 15) is 27.6 Å². The average molecular weight is 747 g/mol. The number of anilines is 2. The number of rotatable bonds is 9. The van der Waals surface area contributed by atoms with E-state index in [0.29, 0.717) is 48.0 Å². The molecule has 2 heterocycles. The van der Waals surface area contributed by atoms with Gasteiger partial charge in [-0.2, -0.15) is 4.31 Å². The fourth-order valence-electron chi connectivity index (χ4n) is 6.17. The largest absolute Gasteiger partial charge is 0.633 e. The van der Waals surface area contributed by atoms with Gasteiger partial charge in [0.25, 0.3) is 5.91 Å². The topological polar surface area (TPSA) is 166 Å². The lowest BCUT2D eigenvalue weighted by atomic mass is 10.0. The van der Waals surface area contributed by atoms with E-state index in [0.717, 1.165) is 18.6 Å². The Bertz CT molecular complexity index is 1780. The van der Waals surface area contributed by atoms with Crippen LogP contribution >= 0.6 is 0 Å². The van der Waals surface area contributed by atoms with Gasteiger partial charge in [-0.15, -0.1) is 0 Å². The average Bonchev–Trinajstić information content (AvgIpc) is 3.37. The summed E-state index contributed by atoms with van der Waals surface area (Å²) in [5, 5.41) is 22.3. The number of nitrogens with zero attached hydrogens (tertiary/aromatic N) is 4. The van der Waals surface area contributed by atoms with Crippen molar-refractivity contribution in [3.8, 4) is 5.75 Å². The molecule has 0 saturated carbocycles. The second-order valence-electron chi connectivity index (χ2n) is 14.1. The van der Waals surface area contributed by atoms with Crippen LogP contribution in [0.3, 0.4) is 0 Å². The summed E-state index contributed by atoms with van der Waals surface area (Å²) in [6, 6.07) is 8.31. The number of hydroxylamine groups is 3. The van der Waals surface area contributed by atoms with Crippen LogP contribution in [0.4, 0.5) is 20.6 Å². The van der Waals surface area contributed by atoms with Gasteiger partial charge in [-0.25, -0.2) is 17.6 Å². The van der Waals surface area contributed by atoms with Gasteiger partial charge in [-0.05, 0) is 89.4 Å². The number of ether oxygens (including phenoxy) is 2. The lowest BCUT2D eigenvalue weighted by molar-refractivity contribution is -0.841. The summed E-state index contributed by atoms with van der Waals surface area (Å²) >= 11 is 0. The number of aryl methyl sites for hydroxylation is 2. The third-order valence-corrected chi connectivity index (χ3v) is 10.8. The van der Waals surface area contributed by atoms with Crippen molar-refractivity contribution >= 4 is 33.3 Å². The zero-order valence-electron chi connectivity index (χ0n) is 31.1. The molecule has 0 unspecified atom stereocenters.